The number of hydrogen-bond acceptors (Lipinski definition) is 7. The smallest absolute Gasteiger partial charge is 0.178 e. The second kappa shape index (κ2) is 9.97. The van der Waals surface area contributed by atoms with Crippen molar-refractivity contribution in [2.24, 2.45) is 11.3 Å². The van der Waals surface area contributed by atoms with Crippen LogP contribution in [-0.4, -0.2) is 27.3 Å². The lowest BCUT2D eigenvalue weighted by Gasteiger charge is -2.76. The van der Waals surface area contributed by atoms with Crippen molar-refractivity contribution < 1.29 is 0 Å². The van der Waals surface area contributed by atoms with Crippen LogP contribution in [0.1, 0.15) is 56.4 Å². The molecule has 0 spiro atoms. The molecule has 1 saturated carbocycles. The standard InChI is InChI=1S/C44H39N7/c1-27(2)32-26-46-39-40(47-32)49(29-18-9-6-10-19-29)41-37-36(30-20-11-13-22-33(30)50(39)41)43(3)31-21-12-14-23-34(31)51-38-35(24-15-25-45-38)48(42(51)44(37,43)4)28-16-7-5-8-17-28/h5-27,36-37,41-42H,1-4H3. The van der Waals surface area contributed by atoms with Crippen molar-refractivity contribution in [2.75, 3.05) is 19.6 Å². The largest absolute Gasteiger partial charge is 0.316 e. The van der Waals surface area contributed by atoms with Crippen LogP contribution in [0.3, 0.4) is 0 Å². The zero-order chi connectivity index (χ0) is 34.2. The zero-order valence-corrected chi connectivity index (χ0v) is 29.2. The van der Waals surface area contributed by atoms with Crippen molar-refractivity contribution in [3.63, 3.8) is 0 Å². The topological polar surface area (TPSA) is 51.6 Å². The minimum atomic E-state index is -0.283. The molecule has 51 heavy (non-hydrogen) atoms. The van der Waals surface area contributed by atoms with Gasteiger partial charge in [0.15, 0.2) is 17.5 Å². The third kappa shape index (κ3) is 3.37. The van der Waals surface area contributed by atoms with E-state index >= 15 is 0 Å². The Morgan fingerprint density at radius 3 is 1.98 bits per heavy atom. The molecule has 6 aromatic rings. The molecule has 11 rings (SSSR count). The van der Waals surface area contributed by atoms with Gasteiger partial charge in [-0.05, 0) is 65.6 Å². The van der Waals surface area contributed by atoms with Gasteiger partial charge in [0.2, 0.25) is 0 Å². The summed E-state index contributed by atoms with van der Waals surface area (Å²) in [5, 5.41) is 0. The number of benzene rings is 4. The first-order chi connectivity index (χ1) is 24.9. The van der Waals surface area contributed by atoms with Gasteiger partial charge >= 0.3 is 0 Å². The van der Waals surface area contributed by atoms with Crippen LogP contribution < -0.4 is 19.6 Å². The molecule has 2 aromatic heterocycles. The van der Waals surface area contributed by atoms with E-state index in [0.717, 1.165) is 34.5 Å². The Labute approximate surface area is 298 Å². The van der Waals surface area contributed by atoms with E-state index in [1.165, 1.54) is 28.2 Å². The number of pyridine rings is 1. The van der Waals surface area contributed by atoms with Crippen molar-refractivity contribution in [3.8, 4) is 0 Å². The van der Waals surface area contributed by atoms with Crippen molar-refractivity contribution in [3.05, 3.63) is 151 Å². The van der Waals surface area contributed by atoms with Crippen molar-refractivity contribution in [1.29, 1.82) is 0 Å². The molecule has 4 aliphatic heterocycles. The molecule has 6 heterocycles. The zero-order valence-electron chi connectivity index (χ0n) is 29.2. The minimum Gasteiger partial charge on any atom is -0.316 e. The number of hydrogen-bond donors (Lipinski definition) is 0. The monoisotopic (exact) mass is 665 g/mol. The summed E-state index contributed by atoms with van der Waals surface area (Å²) >= 11 is 0. The number of anilines is 8. The molecule has 0 saturated heterocycles. The lowest BCUT2D eigenvalue weighted by molar-refractivity contribution is -0.125. The Balaban J connectivity index is 1.23. The molecule has 250 valence electrons. The van der Waals surface area contributed by atoms with E-state index in [4.69, 9.17) is 15.0 Å². The van der Waals surface area contributed by atoms with Gasteiger partial charge in [-0.3, -0.25) is 0 Å². The Morgan fingerprint density at radius 2 is 1.24 bits per heavy atom. The Bertz CT molecular complexity index is 2360. The van der Waals surface area contributed by atoms with Gasteiger partial charge < -0.3 is 19.6 Å². The fourth-order valence-electron chi connectivity index (χ4n) is 10.8. The van der Waals surface area contributed by atoms with E-state index < -0.39 is 0 Å². The highest BCUT2D eigenvalue weighted by atomic mass is 15.5. The van der Waals surface area contributed by atoms with Gasteiger partial charge in [0.1, 0.15) is 12.3 Å². The van der Waals surface area contributed by atoms with Crippen LogP contribution in [0.25, 0.3) is 0 Å². The van der Waals surface area contributed by atoms with Gasteiger partial charge in [-0.1, -0.05) is 100 Å². The number of aromatic nitrogens is 3. The minimum absolute atomic E-state index is 0.0356. The van der Waals surface area contributed by atoms with E-state index in [0.29, 0.717) is 0 Å². The van der Waals surface area contributed by atoms with Crippen molar-refractivity contribution in [1.82, 2.24) is 15.0 Å². The highest BCUT2D eigenvalue weighted by Crippen LogP contribution is 2.80. The van der Waals surface area contributed by atoms with Crippen LogP contribution >= 0.6 is 0 Å². The number of para-hydroxylation sites is 4. The average Bonchev–Trinajstić information content (AvgIpc) is 3.70. The van der Waals surface area contributed by atoms with Crippen LogP contribution in [0, 0.1) is 11.3 Å². The Morgan fingerprint density at radius 1 is 0.588 bits per heavy atom. The van der Waals surface area contributed by atoms with E-state index in [2.05, 4.69) is 169 Å². The highest BCUT2D eigenvalue weighted by molar-refractivity contribution is 5.92. The molecule has 1 fully saturated rings. The lowest BCUT2D eigenvalue weighted by atomic mass is 9.32. The maximum atomic E-state index is 5.42. The van der Waals surface area contributed by atoms with Crippen LogP contribution in [-0.2, 0) is 5.41 Å². The first kappa shape index (κ1) is 29.1. The lowest BCUT2D eigenvalue weighted by Crippen LogP contribution is -2.80. The summed E-state index contributed by atoms with van der Waals surface area (Å²) in [6.45, 7) is 9.53. The molecular weight excluding hydrogens is 627 g/mol. The van der Waals surface area contributed by atoms with Gasteiger partial charge in [0.05, 0.1) is 17.6 Å². The molecule has 0 amide bonds. The molecule has 6 atom stereocenters. The highest BCUT2D eigenvalue weighted by Gasteiger charge is 2.80. The molecule has 0 N–H and O–H groups in total. The summed E-state index contributed by atoms with van der Waals surface area (Å²) in [6, 6.07) is 44.3. The first-order valence-electron chi connectivity index (χ1n) is 18.2. The quantitative estimate of drug-likeness (QED) is 0.187. The molecule has 1 aliphatic carbocycles. The molecule has 5 aliphatic rings. The average molecular weight is 666 g/mol. The third-order valence-corrected chi connectivity index (χ3v) is 13.0. The maximum Gasteiger partial charge on any atom is 0.178 e. The predicted molar refractivity (Wildman–Crippen MR) is 204 cm³/mol. The number of rotatable bonds is 3. The van der Waals surface area contributed by atoms with E-state index in [1.807, 2.05) is 12.4 Å². The SMILES string of the molecule is CC(C)c1cnc2c(n1)N(c1ccccc1)C1C3C(c4ccccc4N21)C1(C)c2ccccc2N2c4ncccc4N(c4ccccc4)C2C31C. The summed E-state index contributed by atoms with van der Waals surface area (Å²) in [5.74, 6) is 3.56. The molecule has 0 radical (unpaired) electrons. The second-order valence-corrected chi connectivity index (χ2v) is 15.4. The molecule has 0 bridgehead atoms. The van der Waals surface area contributed by atoms with Gasteiger partial charge in [-0.15, -0.1) is 0 Å². The normalized spacial score (nSPS) is 27.4. The first-order valence-corrected chi connectivity index (χ1v) is 18.2. The predicted octanol–water partition coefficient (Wildman–Crippen LogP) is 9.93. The summed E-state index contributed by atoms with van der Waals surface area (Å²) in [4.78, 5) is 26.0. The summed E-state index contributed by atoms with van der Waals surface area (Å²) < 4.78 is 0. The van der Waals surface area contributed by atoms with Gasteiger partial charge in [-0.25, -0.2) is 15.0 Å². The Hall–Kier alpha value is -5.69. The maximum absolute atomic E-state index is 5.42. The molecular formula is C44H39N7. The fraction of sp³-hybridized carbons (Fsp3) is 0.250. The van der Waals surface area contributed by atoms with Crippen LogP contribution in [0.2, 0.25) is 0 Å². The second-order valence-electron chi connectivity index (χ2n) is 15.4. The van der Waals surface area contributed by atoms with Crippen molar-refractivity contribution in [2.45, 2.75) is 57.3 Å². The van der Waals surface area contributed by atoms with Gasteiger partial charge in [-0.2, -0.15) is 0 Å². The van der Waals surface area contributed by atoms with Crippen LogP contribution in [0.4, 0.5) is 45.9 Å². The van der Waals surface area contributed by atoms with E-state index in [1.54, 1.807) is 0 Å². The van der Waals surface area contributed by atoms with Crippen molar-refractivity contribution >= 4 is 45.9 Å². The van der Waals surface area contributed by atoms with E-state index in [-0.39, 0.29) is 40.9 Å². The van der Waals surface area contributed by atoms with E-state index in [9.17, 15) is 0 Å². The Kier molecular flexibility index (Phi) is 5.68. The third-order valence-electron chi connectivity index (χ3n) is 13.0. The van der Waals surface area contributed by atoms with Gasteiger partial charge in [0, 0.05) is 51.6 Å². The number of nitrogens with zero attached hydrogens (tertiary/aromatic N) is 7. The summed E-state index contributed by atoms with van der Waals surface area (Å²) in [7, 11) is 0. The molecule has 7 heteroatoms. The summed E-state index contributed by atoms with van der Waals surface area (Å²) in [5.41, 5.74) is 9.23. The summed E-state index contributed by atoms with van der Waals surface area (Å²) in [6.07, 6.45) is 3.85. The van der Waals surface area contributed by atoms with Gasteiger partial charge in [0.25, 0.3) is 0 Å². The number of fused-ring (bicyclic) bond motifs is 18. The molecule has 6 unspecified atom stereocenters. The fourth-order valence-corrected chi connectivity index (χ4v) is 10.8. The van der Waals surface area contributed by atoms with Crippen LogP contribution in [0.15, 0.2) is 134 Å². The molecule has 7 nitrogen and oxygen atoms in total. The van der Waals surface area contributed by atoms with Crippen LogP contribution in [0.5, 0.6) is 0 Å². The molecule has 4 aromatic carbocycles.